The molecule has 1 aromatic carbocycles. The van der Waals surface area contributed by atoms with E-state index in [1.807, 2.05) is 19.9 Å². The Morgan fingerprint density at radius 1 is 1.17 bits per heavy atom. The third-order valence-corrected chi connectivity index (χ3v) is 6.57. The van der Waals surface area contributed by atoms with Crippen molar-refractivity contribution in [3.63, 3.8) is 0 Å². The van der Waals surface area contributed by atoms with Crippen molar-refractivity contribution in [2.75, 3.05) is 35.7 Å². The van der Waals surface area contributed by atoms with Gasteiger partial charge in [-0.15, -0.1) is 5.10 Å². The van der Waals surface area contributed by atoms with Gasteiger partial charge < -0.3 is 20.5 Å². The molecule has 5 heterocycles. The molecule has 10 nitrogen and oxygen atoms in total. The lowest BCUT2D eigenvalue weighted by Crippen LogP contribution is -2.29. The number of aromatic nitrogens is 7. The average Bonchev–Trinajstić information content (AvgIpc) is 3.45. The van der Waals surface area contributed by atoms with Gasteiger partial charge in [0.05, 0.1) is 34.5 Å². The van der Waals surface area contributed by atoms with E-state index >= 15 is 0 Å². The first-order valence-corrected chi connectivity index (χ1v) is 12.0. The maximum Gasteiger partial charge on any atom is 0.231 e. The van der Waals surface area contributed by atoms with E-state index in [4.69, 9.17) is 9.97 Å². The Hall–Kier alpha value is -4.28. The highest BCUT2D eigenvalue weighted by atomic mass is 19.1. The lowest BCUT2D eigenvalue weighted by Gasteiger charge is -2.27. The number of benzene rings is 1. The molecule has 0 spiro atoms. The van der Waals surface area contributed by atoms with Crippen LogP contribution in [0.3, 0.4) is 0 Å². The molecule has 1 aliphatic rings. The SMILES string of the molecule is CNc1cc(F)cc2c1[nH]c1nc(Nc3cnc4c(c3)nnn4C(C)C)nc(N3CC=C(C)CC3)c12. The molecule has 1 aliphatic heterocycles. The molecule has 0 saturated heterocycles. The number of hydrogen-bond donors (Lipinski definition) is 3. The fourth-order valence-electron chi connectivity index (χ4n) is 4.67. The molecular weight excluding hydrogens is 459 g/mol. The van der Waals surface area contributed by atoms with E-state index in [9.17, 15) is 4.39 Å². The third-order valence-electron chi connectivity index (χ3n) is 6.57. The summed E-state index contributed by atoms with van der Waals surface area (Å²) in [6.07, 6.45) is 4.87. The Balaban J connectivity index is 1.49. The number of fused-ring (bicyclic) bond motifs is 4. The number of hydrogen-bond acceptors (Lipinski definition) is 8. The number of aromatic amines is 1. The minimum atomic E-state index is -0.316. The van der Waals surface area contributed by atoms with Crippen molar-refractivity contribution in [3.8, 4) is 0 Å². The molecule has 0 saturated carbocycles. The normalized spacial score (nSPS) is 14.3. The van der Waals surface area contributed by atoms with Gasteiger partial charge in [-0.3, -0.25) is 0 Å². The van der Waals surface area contributed by atoms with E-state index in [-0.39, 0.29) is 11.9 Å². The standard InChI is InChI=1S/C25H27FN10/c1-13(2)36-23-19(33-34-36)11-16(12-28-23)29-25-31-22-20(24(32-25)35-7-5-14(3)6-8-35)17-9-15(26)10-18(27-4)21(17)30-22/h5,9-13,27H,6-8H2,1-4H3,(H2,29,30,31,32). The van der Waals surface area contributed by atoms with Gasteiger partial charge in [0, 0.05) is 25.5 Å². The van der Waals surface area contributed by atoms with Crippen LogP contribution in [0.5, 0.6) is 0 Å². The van der Waals surface area contributed by atoms with Gasteiger partial charge in [0.2, 0.25) is 5.95 Å². The first-order valence-electron chi connectivity index (χ1n) is 12.0. The van der Waals surface area contributed by atoms with Crippen LogP contribution in [0.1, 0.15) is 33.2 Å². The van der Waals surface area contributed by atoms with E-state index in [2.05, 4.69) is 48.8 Å². The summed E-state index contributed by atoms with van der Waals surface area (Å²) in [6.45, 7) is 7.76. The van der Waals surface area contributed by atoms with Crippen LogP contribution in [0.25, 0.3) is 33.1 Å². The lowest BCUT2D eigenvalue weighted by atomic mass is 10.1. The number of H-pyrrole nitrogens is 1. The summed E-state index contributed by atoms with van der Waals surface area (Å²) < 4.78 is 16.3. The van der Waals surface area contributed by atoms with E-state index in [0.717, 1.165) is 47.3 Å². The van der Waals surface area contributed by atoms with Gasteiger partial charge in [-0.25, -0.2) is 14.1 Å². The van der Waals surface area contributed by atoms with Crippen LogP contribution in [0, 0.1) is 5.82 Å². The van der Waals surface area contributed by atoms with Crippen LogP contribution in [-0.2, 0) is 0 Å². The molecule has 0 radical (unpaired) electrons. The average molecular weight is 487 g/mol. The quantitative estimate of drug-likeness (QED) is 0.300. The second-order valence-electron chi connectivity index (χ2n) is 9.41. The molecule has 0 fully saturated rings. The van der Waals surface area contributed by atoms with Crippen LogP contribution in [-0.4, -0.2) is 55.1 Å². The molecule has 5 aromatic rings. The summed E-state index contributed by atoms with van der Waals surface area (Å²) in [5.41, 5.74) is 5.55. The number of halogens is 1. The molecule has 3 N–H and O–H groups in total. The minimum absolute atomic E-state index is 0.159. The maximum atomic E-state index is 14.5. The summed E-state index contributed by atoms with van der Waals surface area (Å²) in [7, 11) is 1.77. The Morgan fingerprint density at radius 3 is 2.78 bits per heavy atom. The van der Waals surface area contributed by atoms with Gasteiger partial charge in [0.25, 0.3) is 0 Å². The molecule has 6 rings (SSSR count). The highest BCUT2D eigenvalue weighted by molar-refractivity contribution is 6.14. The summed E-state index contributed by atoms with van der Waals surface area (Å²) in [5, 5.41) is 16.4. The van der Waals surface area contributed by atoms with E-state index in [1.165, 1.54) is 17.7 Å². The van der Waals surface area contributed by atoms with Gasteiger partial charge in [0.1, 0.15) is 22.8 Å². The second kappa shape index (κ2) is 8.43. The molecule has 4 aromatic heterocycles. The molecule has 184 valence electrons. The summed E-state index contributed by atoms with van der Waals surface area (Å²) in [6, 6.07) is 5.05. The summed E-state index contributed by atoms with van der Waals surface area (Å²) >= 11 is 0. The lowest BCUT2D eigenvalue weighted by molar-refractivity contribution is 0.526. The van der Waals surface area contributed by atoms with E-state index in [1.54, 1.807) is 17.9 Å². The minimum Gasteiger partial charge on any atom is -0.386 e. The highest BCUT2D eigenvalue weighted by Crippen LogP contribution is 2.37. The Kier molecular flexibility index (Phi) is 5.20. The molecule has 0 amide bonds. The molecule has 0 aliphatic carbocycles. The van der Waals surface area contributed by atoms with Crippen LogP contribution < -0.4 is 15.5 Å². The van der Waals surface area contributed by atoms with Gasteiger partial charge >= 0.3 is 0 Å². The zero-order valence-corrected chi connectivity index (χ0v) is 20.6. The van der Waals surface area contributed by atoms with E-state index < -0.39 is 0 Å². The maximum absolute atomic E-state index is 14.5. The molecule has 0 bridgehead atoms. The molecule has 0 unspecified atom stereocenters. The fraction of sp³-hybridized carbons (Fsp3) is 0.320. The highest BCUT2D eigenvalue weighted by Gasteiger charge is 2.22. The molecule has 0 atom stereocenters. The van der Waals surface area contributed by atoms with Crippen molar-refractivity contribution in [2.24, 2.45) is 0 Å². The molecular formula is C25H27FN10. The predicted octanol–water partition coefficient (Wildman–Crippen LogP) is 4.91. The third kappa shape index (κ3) is 3.67. The first-order chi connectivity index (χ1) is 17.4. The zero-order chi connectivity index (χ0) is 25.0. The number of anilines is 4. The second-order valence-corrected chi connectivity index (χ2v) is 9.41. The van der Waals surface area contributed by atoms with Gasteiger partial charge in [-0.2, -0.15) is 9.97 Å². The Morgan fingerprint density at radius 2 is 2.03 bits per heavy atom. The number of nitrogens with zero attached hydrogens (tertiary/aromatic N) is 7. The van der Waals surface area contributed by atoms with E-state index in [0.29, 0.717) is 28.5 Å². The number of pyridine rings is 1. The van der Waals surface area contributed by atoms with Gasteiger partial charge in [-0.1, -0.05) is 16.9 Å². The monoisotopic (exact) mass is 486 g/mol. The van der Waals surface area contributed by atoms with Crippen LogP contribution in [0.4, 0.5) is 27.5 Å². The smallest absolute Gasteiger partial charge is 0.231 e. The predicted molar refractivity (Wildman–Crippen MR) is 140 cm³/mol. The van der Waals surface area contributed by atoms with Crippen molar-refractivity contribution < 1.29 is 4.39 Å². The Labute approximate surface area is 206 Å². The van der Waals surface area contributed by atoms with Crippen molar-refractivity contribution in [1.29, 1.82) is 0 Å². The molecule has 36 heavy (non-hydrogen) atoms. The van der Waals surface area contributed by atoms with Gasteiger partial charge in [-0.05, 0) is 45.4 Å². The number of nitrogens with one attached hydrogen (secondary N) is 3. The van der Waals surface area contributed by atoms with Crippen molar-refractivity contribution in [3.05, 3.63) is 41.9 Å². The first kappa shape index (κ1) is 22.2. The number of rotatable bonds is 5. The Bertz CT molecular complexity index is 1650. The zero-order valence-electron chi connectivity index (χ0n) is 20.6. The van der Waals surface area contributed by atoms with Crippen molar-refractivity contribution in [1.82, 2.24) is 34.9 Å². The summed E-state index contributed by atoms with van der Waals surface area (Å²) in [4.78, 5) is 19.8. The largest absolute Gasteiger partial charge is 0.386 e. The van der Waals surface area contributed by atoms with Gasteiger partial charge in [0.15, 0.2) is 5.65 Å². The van der Waals surface area contributed by atoms with Crippen LogP contribution >= 0.6 is 0 Å². The molecule has 11 heteroatoms. The van der Waals surface area contributed by atoms with Crippen molar-refractivity contribution >= 4 is 56.2 Å². The van der Waals surface area contributed by atoms with Crippen LogP contribution in [0.2, 0.25) is 0 Å². The summed E-state index contributed by atoms with van der Waals surface area (Å²) in [5.74, 6) is 0.855. The topological polar surface area (TPSA) is 112 Å². The fourth-order valence-corrected chi connectivity index (χ4v) is 4.67. The van der Waals surface area contributed by atoms with Crippen molar-refractivity contribution in [2.45, 2.75) is 33.2 Å². The van der Waals surface area contributed by atoms with Crippen LogP contribution in [0.15, 0.2) is 36.0 Å².